The number of benzene rings is 2. The topological polar surface area (TPSA) is 60.2 Å². The molecule has 1 saturated heterocycles. The van der Waals surface area contributed by atoms with E-state index < -0.39 is 0 Å². The van der Waals surface area contributed by atoms with Gasteiger partial charge in [-0.25, -0.2) is 4.98 Å². The maximum atomic E-state index is 12.7. The summed E-state index contributed by atoms with van der Waals surface area (Å²) in [7, 11) is 0. The summed E-state index contributed by atoms with van der Waals surface area (Å²) in [4.78, 5) is 22.0. The van der Waals surface area contributed by atoms with Gasteiger partial charge in [0.2, 0.25) is 5.91 Å². The van der Waals surface area contributed by atoms with Crippen molar-refractivity contribution in [2.45, 2.75) is 33.2 Å². The second kappa shape index (κ2) is 9.18. The lowest BCUT2D eigenvalue weighted by molar-refractivity contribution is -0.136. The highest BCUT2D eigenvalue weighted by Gasteiger charge is 2.32. The highest BCUT2D eigenvalue weighted by atomic mass is 35.5. The van der Waals surface area contributed by atoms with Crippen LogP contribution in [-0.4, -0.2) is 41.5 Å². The summed E-state index contributed by atoms with van der Waals surface area (Å²) in [5, 5.41) is 11.0. The number of fused-ring (bicyclic) bond motifs is 1. The number of carbonyl (C=O) groups is 1. The van der Waals surface area contributed by atoms with Crippen LogP contribution >= 0.6 is 11.6 Å². The Balaban J connectivity index is 1.77. The summed E-state index contributed by atoms with van der Waals surface area (Å²) >= 11 is 6.24. The average Bonchev–Trinajstić information content (AvgIpc) is 3.28. The Morgan fingerprint density at radius 1 is 1.28 bits per heavy atom. The van der Waals surface area contributed by atoms with Gasteiger partial charge in [0.25, 0.3) is 0 Å². The van der Waals surface area contributed by atoms with Crippen molar-refractivity contribution in [1.29, 1.82) is 5.26 Å². The molecule has 32 heavy (non-hydrogen) atoms. The van der Waals surface area contributed by atoms with Crippen LogP contribution in [0, 0.1) is 17.2 Å². The van der Waals surface area contributed by atoms with E-state index >= 15 is 0 Å². The van der Waals surface area contributed by atoms with E-state index in [-0.39, 0.29) is 17.9 Å². The van der Waals surface area contributed by atoms with Gasteiger partial charge in [-0.15, -0.1) is 0 Å². The van der Waals surface area contributed by atoms with Crippen molar-refractivity contribution in [3.8, 4) is 17.2 Å². The van der Waals surface area contributed by atoms with Crippen LogP contribution in [0.15, 0.2) is 48.5 Å². The van der Waals surface area contributed by atoms with Gasteiger partial charge in [-0.1, -0.05) is 37.6 Å². The average molecular weight is 447 g/mol. The zero-order valence-electron chi connectivity index (χ0n) is 18.7. The smallest absolute Gasteiger partial charge is 0.225 e. The lowest BCUT2D eigenvalue weighted by Crippen LogP contribution is -2.43. The molecule has 1 fully saturated rings. The molecular weight excluding hydrogens is 420 g/mol. The molecule has 1 aliphatic heterocycles. The van der Waals surface area contributed by atoms with Crippen LogP contribution in [0.5, 0.6) is 0 Å². The van der Waals surface area contributed by atoms with Crippen LogP contribution in [0.25, 0.3) is 22.0 Å². The maximum Gasteiger partial charge on any atom is 0.225 e. The number of hydrogen-bond acceptors (Lipinski definition) is 4. The molecule has 0 saturated carbocycles. The first-order valence-corrected chi connectivity index (χ1v) is 11.4. The van der Waals surface area contributed by atoms with E-state index in [0.717, 1.165) is 47.4 Å². The van der Waals surface area contributed by atoms with Gasteiger partial charge in [0, 0.05) is 41.5 Å². The van der Waals surface area contributed by atoms with Gasteiger partial charge >= 0.3 is 0 Å². The molecule has 1 aliphatic rings. The number of carbonyl (C=O) groups excluding carboxylic acids is 1. The van der Waals surface area contributed by atoms with Crippen LogP contribution in [0.2, 0.25) is 5.02 Å². The van der Waals surface area contributed by atoms with E-state index in [2.05, 4.69) is 17.0 Å². The molecule has 1 atom stereocenters. The second-order valence-electron chi connectivity index (χ2n) is 8.56. The lowest BCUT2D eigenvalue weighted by atomic mass is 10.0. The first-order valence-electron chi connectivity index (χ1n) is 11.1. The fraction of sp³-hybridized carbons (Fsp3) is 0.346. The number of aromatic nitrogens is 1. The summed E-state index contributed by atoms with van der Waals surface area (Å²) in [5.74, 6) is 1.06. The number of rotatable bonds is 5. The second-order valence-corrected chi connectivity index (χ2v) is 8.99. The molecule has 0 aliphatic carbocycles. The van der Waals surface area contributed by atoms with Crippen molar-refractivity contribution in [1.82, 2.24) is 9.88 Å². The molecule has 6 heteroatoms. The number of hydrogen-bond donors (Lipinski definition) is 0. The van der Waals surface area contributed by atoms with Crippen molar-refractivity contribution < 1.29 is 4.79 Å². The third-order valence-corrected chi connectivity index (χ3v) is 6.32. The number of pyridine rings is 1. The molecule has 0 bridgehead atoms. The summed E-state index contributed by atoms with van der Waals surface area (Å²) < 4.78 is 0. The molecule has 0 spiro atoms. The normalized spacial score (nSPS) is 15.9. The molecule has 5 nitrogen and oxygen atoms in total. The van der Waals surface area contributed by atoms with Gasteiger partial charge in [-0.2, -0.15) is 5.26 Å². The van der Waals surface area contributed by atoms with Gasteiger partial charge in [0.05, 0.1) is 23.2 Å². The summed E-state index contributed by atoms with van der Waals surface area (Å²) in [6, 6.07) is 17.8. The predicted octanol–water partition coefficient (Wildman–Crippen LogP) is 5.51. The fourth-order valence-electron chi connectivity index (χ4n) is 4.46. The Bertz CT molecular complexity index is 1200. The zero-order chi connectivity index (χ0) is 22.8. The lowest BCUT2D eigenvalue weighted by Gasteiger charge is -2.30. The van der Waals surface area contributed by atoms with E-state index in [1.165, 1.54) is 0 Å². The van der Waals surface area contributed by atoms with E-state index in [1.807, 2.05) is 62.1 Å². The minimum absolute atomic E-state index is 0.0168. The third-order valence-electron chi connectivity index (χ3n) is 6.08. The minimum Gasteiger partial charge on any atom is -0.354 e. The van der Waals surface area contributed by atoms with Gasteiger partial charge in [0.1, 0.15) is 5.82 Å². The highest BCUT2D eigenvalue weighted by Crippen LogP contribution is 2.36. The van der Waals surface area contributed by atoms with E-state index in [1.54, 1.807) is 6.07 Å². The van der Waals surface area contributed by atoms with Crippen LogP contribution in [0.4, 0.5) is 5.82 Å². The van der Waals surface area contributed by atoms with Crippen LogP contribution in [0.3, 0.4) is 0 Å². The molecule has 0 radical (unpaired) electrons. The molecule has 164 valence electrons. The van der Waals surface area contributed by atoms with Gasteiger partial charge in [-0.05, 0) is 55.3 Å². The molecular formula is C26H27ClN4O. The minimum atomic E-state index is -0.0168. The van der Waals surface area contributed by atoms with Crippen molar-refractivity contribution in [2.24, 2.45) is 5.92 Å². The van der Waals surface area contributed by atoms with Crippen molar-refractivity contribution >= 4 is 34.2 Å². The van der Waals surface area contributed by atoms with Crippen molar-refractivity contribution in [2.75, 3.05) is 24.5 Å². The quantitative estimate of drug-likeness (QED) is 0.518. The number of anilines is 1. The Hall–Kier alpha value is -3.10. The third kappa shape index (κ3) is 4.28. The Morgan fingerprint density at radius 3 is 2.81 bits per heavy atom. The standard InChI is InChI=1S/C26H27ClN4O/c1-4-31(26(32)17(2)3)22-10-11-30(16-22)25-23(19-7-5-6-18(12-19)15-28)14-20-13-21(27)8-9-24(20)29-25/h5-9,12-14,17,22H,4,10-11,16H2,1-3H3/t22-/m0/s1. The monoisotopic (exact) mass is 446 g/mol. The Kier molecular flexibility index (Phi) is 6.34. The van der Waals surface area contributed by atoms with E-state index in [9.17, 15) is 10.1 Å². The number of likely N-dealkylation sites (N-methyl/N-ethyl adjacent to an activating group) is 1. The molecule has 1 aromatic heterocycles. The van der Waals surface area contributed by atoms with E-state index in [0.29, 0.717) is 17.1 Å². The predicted molar refractivity (Wildman–Crippen MR) is 130 cm³/mol. The largest absolute Gasteiger partial charge is 0.354 e. The SMILES string of the molecule is CCN(C(=O)C(C)C)[C@H]1CCN(c2nc3ccc(Cl)cc3cc2-c2cccc(C#N)c2)C1. The van der Waals surface area contributed by atoms with Crippen LogP contribution in [-0.2, 0) is 4.79 Å². The van der Waals surface area contributed by atoms with Gasteiger partial charge in [0.15, 0.2) is 0 Å². The summed E-state index contributed by atoms with van der Waals surface area (Å²) in [5.41, 5.74) is 3.40. The first-order chi connectivity index (χ1) is 15.4. The molecule has 2 heterocycles. The number of amides is 1. The first kappa shape index (κ1) is 22.1. The Morgan fingerprint density at radius 2 is 2.09 bits per heavy atom. The van der Waals surface area contributed by atoms with Crippen molar-refractivity contribution in [3.05, 3.63) is 59.1 Å². The fourth-order valence-corrected chi connectivity index (χ4v) is 4.64. The maximum absolute atomic E-state index is 12.7. The van der Waals surface area contributed by atoms with Gasteiger partial charge in [-0.3, -0.25) is 4.79 Å². The number of halogens is 1. The molecule has 2 aromatic carbocycles. The van der Waals surface area contributed by atoms with Gasteiger partial charge < -0.3 is 9.80 Å². The number of nitriles is 1. The molecule has 3 aromatic rings. The molecule has 1 amide bonds. The molecule has 4 rings (SSSR count). The summed E-state index contributed by atoms with van der Waals surface area (Å²) in [6.07, 6.45) is 0.907. The number of nitrogens with zero attached hydrogens (tertiary/aromatic N) is 4. The van der Waals surface area contributed by atoms with E-state index in [4.69, 9.17) is 16.6 Å². The molecule has 0 unspecified atom stereocenters. The Labute approximate surface area is 194 Å². The van der Waals surface area contributed by atoms with Crippen molar-refractivity contribution in [3.63, 3.8) is 0 Å². The highest BCUT2D eigenvalue weighted by molar-refractivity contribution is 6.31. The summed E-state index contributed by atoms with van der Waals surface area (Å²) in [6.45, 7) is 8.21. The van der Waals surface area contributed by atoms with Crippen LogP contribution in [0.1, 0.15) is 32.8 Å². The molecule has 0 N–H and O–H groups in total. The zero-order valence-corrected chi connectivity index (χ0v) is 19.4. The van der Waals surface area contributed by atoms with Crippen LogP contribution < -0.4 is 4.90 Å².